The van der Waals surface area contributed by atoms with E-state index in [9.17, 15) is 4.79 Å². The van der Waals surface area contributed by atoms with Gasteiger partial charge in [-0.25, -0.2) is 4.79 Å². The number of ether oxygens (including phenoxy) is 1. The SMILES string of the molecule is CCCn1cccc1CNCCCNC(=O)OC(C)(C)C. The summed E-state index contributed by atoms with van der Waals surface area (Å²) in [5.74, 6) is 0. The Bertz CT molecular complexity index is 421. The summed E-state index contributed by atoms with van der Waals surface area (Å²) in [4.78, 5) is 11.4. The zero-order chi connectivity index (χ0) is 15.7. The summed E-state index contributed by atoms with van der Waals surface area (Å²) in [6.45, 7) is 11.2. The number of amides is 1. The van der Waals surface area contributed by atoms with E-state index in [1.807, 2.05) is 20.8 Å². The maximum absolute atomic E-state index is 11.4. The first kappa shape index (κ1) is 17.6. The van der Waals surface area contributed by atoms with Gasteiger partial charge >= 0.3 is 6.09 Å². The topological polar surface area (TPSA) is 55.3 Å². The van der Waals surface area contributed by atoms with Crippen LogP contribution in [0.5, 0.6) is 0 Å². The molecule has 1 amide bonds. The number of carbonyl (C=O) groups excluding carboxylic acids is 1. The molecule has 0 fully saturated rings. The van der Waals surface area contributed by atoms with Crippen molar-refractivity contribution in [3.63, 3.8) is 0 Å². The lowest BCUT2D eigenvalue weighted by Crippen LogP contribution is -2.33. The van der Waals surface area contributed by atoms with Gasteiger partial charge in [0, 0.05) is 31.5 Å². The van der Waals surface area contributed by atoms with Crippen LogP contribution in [0, 0.1) is 0 Å². The second-order valence-electron chi connectivity index (χ2n) is 6.15. The average Bonchev–Trinajstić information content (AvgIpc) is 2.79. The van der Waals surface area contributed by atoms with Crippen LogP contribution in [0.4, 0.5) is 4.79 Å². The first-order valence-electron chi connectivity index (χ1n) is 7.74. The molecule has 0 aliphatic heterocycles. The van der Waals surface area contributed by atoms with Crippen molar-refractivity contribution in [3.8, 4) is 0 Å². The zero-order valence-corrected chi connectivity index (χ0v) is 13.7. The van der Waals surface area contributed by atoms with Crippen molar-refractivity contribution in [3.05, 3.63) is 24.0 Å². The lowest BCUT2D eigenvalue weighted by atomic mass is 10.2. The van der Waals surface area contributed by atoms with Crippen LogP contribution in [0.3, 0.4) is 0 Å². The minimum absolute atomic E-state index is 0.348. The second kappa shape index (κ2) is 8.72. The van der Waals surface area contributed by atoms with E-state index in [4.69, 9.17) is 4.74 Å². The summed E-state index contributed by atoms with van der Waals surface area (Å²) < 4.78 is 7.44. The van der Waals surface area contributed by atoms with Crippen LogP contribution in [0.15, 0.2) is 18.3 Å². The molecule has 0 aliphatic carbocycles. The Balaban J connectivity index is 2.09. The predicted octanol–water partition coefficient (Wildman–Crippen LogP) is 2.90. The summed E-state index contributed by atoms with van der Waals surface area (Å²) in [6, 6.07) is 4.22. The van der Waals surface area contributed by atoms with Crippen LogP contribution in [-0.4, -0.2) is 29.4 Å². The maximum Gasteiger partial charge on any atom is 0.407 e. The van der Waals surface area contributed by atoms with Gasteiger partial charge in [0.2, 0.25) is 0 Å². The molecule has 0 bridgehead atoms. The fourth-order valence-electron chi connectivity index (χ4n) is 2.00. The lowest BCUT2D eigenvalue weighted by molar-refractivity contribution is 0.0527. The number of nitrogens with zero attached hydrogens (tertiary/aromatic N) is 1. The highest BCUT2D eigenvalue weighted by Crippen LogP contribution is 2.06. The molecule has 1 aromatic rings. The van der Waals surface area contributed by atoms with Crippen molar-refractivity contribution in [2.45, 2.75) is 59.2 Å². The van der Waals surface area contributed by atoms with Crippen molar-refractivity contribution in [1.82, 2.24) is 15.2 Å². The minimum atomic E-state index is -0.437. The normalized spacial score (nSPS) is 11.4. The molecule has 5 nitrogen and oxygen atoms in total. The molecule has 1 rings (SSSR count). The molecule has 0 saturated carbocycles. The third-order valence-electron chi connectivity index (χ3n) is 2.89. The highest BCUT2D eigenvalue weighted by atomic mass is 16.6. The number of nitrogens with one attached hydrogen (secondary N) is 2. The fraction of sp³-hybridized carbons (Fsp3) is 0.688. The van der Waals surface area contributed by atoms with Crippen molar-refractivity contribution < 1.29 is 9.53 Å². The van der Waals surface area contributed by atoms with E-state index >= 15 is 0 Å². The van der Waals surface area contributed by atoms with Gasteiger partial charge in [0.1, 0.15) is 5.60 Å². The van der Waals surface area contributed by atoms with Crippen LogP contribution in [0.2, 0.25) is 0 Å². The molecule has 120 valence electrons. The Labute approximate surface area is 128 Å². The Morgan fingerprint density at radius 3 is 2.76 bits per heavy atom. The number of hydrogen-bond acceptors (Lipinski definition) is 3. The number of aromatic nitrogens is 1. The molecular formula is C16H29N3O2. The lowest BCUT2D eigenvalue weighted by Gasteiger charge is -2.19. The number of carbonyl (C=O) groups is 1. The van der Waals surface area contributed by atoms with Crippen LogP contribution in [0.25, 0.3) is 0 Å². The van der Waals surface area contributed by atoms with Crippen molar-refractivity contribution >= 4 is 6.09 Å². The first-order chi connectivity index (χ1) is 9.92. The predicted molar refractivity (Wildman–Crippen MR) is 85.3 cm³/mol. The van der Waals surface area contributed by atoms with Gasteiger partial charge in [-0.15, -0.1) is 0 Å². The van der Waals surface area contributed by atoms with Crippen molar-refractivity contribution in [2.24, 2.45) is 0 Å². The number of rotatable bonds is 8. The Morgan fingerprint density at radius 2 is 2.10 bits per heavy atom. The van der Waals surface area contributed by atoms with E-state index in [0.29, 0.717) is 6.54 Å². The van der Waals surface area contributed by atoms with Gasteiger partial charge in [-0.05, 0) is 52.3 Å². The molecular weight excluding hydrogens is 266 g/mol. The van der Waals surface area contributed by atoms with Crippen LogP contribution < -0.4 is 10.6 Å². The molecule has 0 saturated heterocycles. The number of aryl methyl sites for hydroxylation is 1. The molecule has 1 aromatic heterocycles. The standard InChI is InChI=1S/C16H29N3O2/c1-5-11-19-12-6-8-14(19)13-17-9-7-10-18-15(20)21-16(2,3)4/h6,8,12,17H,5,7,9-11,13H2,1-4H3,(H,18,20). The Morgan fingerprint density at radius 1 is 1.33 bits per heavy atom. The highest BCUT2D eigenvalue weighted by Gasteiger charge is 2.15. The zero-order valence-electron chi connectivity index (χ0n) is 13.7. The van der Waals surface area contributed by atoms with E-state index in [2.05, 4.69) is 40.5 Å². The largest absolute Gasteiger partial charge is 0.444 e. The Kier molecular flexibility index (Phi) is 7.29. The monoisotopic (exact) mass is 295 g/mol. The summed E-state index contributed by atoms with van der Waals surface area (Å²) in [5, 5.41) is 6.15. The third-order valence-corrected chi connectivity index (χ3v) is 2.89. The Hall–Kier alpha value is -1.49. The van der Waals surface area contributed by atoms with E-state index in [1.54, 1.807) is 0 Å². The van der Waals surface area contributed by atoms with E-state index in [1.165, 1.54) is 5.69 Å². The van der Waals surface area contributed by atoms with Gasteiger partial charge in [-0.2, -0.15) is 0 Å². The van der Waals surface area contributed by atoms with Gasteiger partial charge in [0.05, 0.1) is 0 Å². The molecule has 0 aromatic carbocycles. The summed E-state index contributed by atoms with van der Waals surface area (Å²) >= 11 is 0. The fourth-order valence-corrected chi connectivity index (χ4v) is 2.00. The highest BCUT2D eigenvalue weighted by molar-refractivity contribution is 5.67. The van der Waals surface area contributed by atoms with E-state index in [-0.39, 0.29) is 6.09 Å². The van der Waals surface area contributed by atoms with Gasteiger partial charge in [0.15, 0.2) is 0 Å². The minimum Gasteiger partial charge on any atom is -0.444 e. The van der Waals surface area contributed by atoms with E-state index in [0.717, 1.165) is 32.5 Å². The smallest absolute Gasteiger partial charge is 0.407 e. The van der Waals surface area contributed by atoms with E-state index < -0.39 is 5.60 Å². The quantitative estimate of drug-likeness (QED) is 0.725. The molecule has 0 atom stereocenters. The van der Waals surface area contributed by atoms with Crippen LogP contribution >= 0.6 is 0 Å². The summed E-state index contributed by atoms with van der Waals surface area (Å²) in [6.07, 6.45) is 3.79. The first-order valence-corrected chi connectivity index (χ1v) is 7.74. The van der Waals surface area contributed by atoms with Crippen LogP contribution in [0.1, 0.15) is 46.2 Å². The van der Waals surface area contributed by atoms with Crippen molar-refractivity contribution in [2.75, 3.05) is 13.1 Å². The molecule has 5 heteroatoms. The maximum atomic E-state index is 11.4. The third kappa shape index (κ3) is 7.75. The molecule has 0 unspecified atom stereocenters. The average molecular weight is 295 g/mol. The second-order valence-corrected chi connectivity index (χ2v) is 6.15. The van der Waals surface area contributed by atoms with Gasteiger partial charge in [0.25, 0.3) is 0 Å². The van der Waals surface area contributed by atoms with Gasteiger partial charge < -0.3 is 19.9 Å². The molecule has 21 heavy (non-hydrogen) atoms. The number of hydrogen-bond donors (Lipinski definition) is 2. The molecule has 1 heterocycles. The van der Waals surface area contributed by atoms with Crippen molar-refractivity contribution in [1.29, 1.82) is 0 Å². The summed E-state index contributed by atoms with van der Waals surface area (Å²) in [5.41, 5.74) is 0.865. The molecule has 0 aliphatic rings. The van der Waals surface area contributed by atoms with Gasteiger partial charge in [-0.3, -0.25) is 0 Å². The van der Waals surface area contributed by atoms with Gasteiger partial charge in [-0.1, -0.05) is 6.92 Å². The molecule has 2 N–H and O–H groups in total. The molecule has 0 spiro atoms. The number of alkyl carbamates (subject to hydrolysis) is 1. The summed E-state index contributed by atoms with van der Waals surface area (Å²) in [7, 11) is 0. The van der Waals surface area contributed by atoms with Crippen LogP contribution in [-0.2, 0) is 17.8 Å². The molecule has 0 radical (unpaired) electrons.